The van der Waals surface area contributed by atoms with Gasteiger partial charge in [-0.3, -0.25) is 29.3 Å². The second-order valence-electron chi connectivity index (χ2n) is 9.91. The molecule has 21 heteroatoms. The summed E-state index contributed by atoms with van der Waals surface area (Å²) in [5.74, 6) is -3.61. The average molecular weight is 721 g/mol. The summed E-state index contributed by atoms with van der Waals surface area (Å²) in [6.07, 6.45) is -9.47. The van der Waals surface area contributed by atoms with Gasteiger partial charge in [-0.2, -0.15) is 12.6 Å². The third-order valence-electron chi connectivity index (χ3n) is 5.83. The zero-order valence-electron chi connectivity index (χ0n) is 27.1. The fraction of sp³-hybridized carbons (Fsp3) is 0.571. The monoisotopic (exact) mass is 720 g/mol. The maximum Gasteiger partial charge on any atom is 0.407 e. The SMILES string of the molecule is CC(=O)OCC(O)[C@H](OC(C)=O)C(OC(C)=O)[C@@H](COc1ccc(COC(=O)NCC(CN)OC(=O)NCCS)cc1[N+](=O)[O-])OC(C)=O. The highest BCUT2D eigenvalue weighted by molar-refractivity contribution is 7.80. The van der Waals surface area contributed by atoms with Crippen LogP contribution in [0.1, 0.15) is 33.3 Å². The van der Waals surface area contributed by atoms with Gasteiger partial charge in [0.25, 0.3) is 0 Å². The van der Waals surface area contributed by atoms with Gasteiger partial charge in [-0.05, 0) is 11.6 Å². The number of esters is 4. The van der Waals surface area contributed by atoms with Crippen molar-refractivity contribution in [2.24, 2.45) is 5.73 Å². The molecule has 274 valence electrons. The van der Waals surface area contributed by atoms with Crippen LogP contribution in [-0.2, 0) is 54.2 Å². The van der Waals surface area contributed by atoms with Crippen molar-refractivity contribution in [2.45, 2.75) is 64.8 Å². The van der Waals surface area contributed by atoms with Crippen LogP contribution in [0.15, 0.2) is 18.2 Å². The summed E-state index contributed by atoms with van der Waals surface area (Å²) in [6, 6.07) is 3.51. The van der Waals surface area contributed by atoms with E-state index in [0.717, 1.165) is 39.8 Å². The number of thiol groups is 1. The molecule has 0 saturated carbocycles. The van der Waals surface area contributed by atoms with E-state index in [-0.39, 0.29) is 30.9 Å². The molecule has 2 amide bonds. The molecule has 0 aliphatic heterocycles. The number of nitrogens with zero attached hydrogens (tertiary/aromatic N) is 1. The molecule has 3 unspecified atom stereocenters. The summed E-state index contributed by atoms with van der Waals surface area (Å²) in [5.41, 5.74) is 5.10. The van der Waals surface area contributed by atoms with Crippen molar-refractivity contribution in [1.29, 1.82) is 0 Å². The number of ether oxygens (including phenoxy) is 7. The van der Waals surface area contributed by atoms with Crippen LogP contribution in [0.4, 0.5) is 15.3 Å². The standard InChI is InChI=1S/C28H40N4O16S/c1-15(33)42-13-22(37)25(46-17(3)35)26(47-18(4)36)24(45-16(2)34)14-43-23-6-5-19(9-21(23)32(40)41)12-44-27(38)31-11-20(10-29)48-28(39)30-7-8-49/h5-6,9,20,22,24-26,37,49H,7-8,10-14,29H2,1-4H3,(H,30,39)(H,31,38)/t20?,22?,24-,25+,26?/m1/s1. The van der Waals surface area contributed by atoms with Crippen LogP contribution in [0.2, 0.25) is 0 Å². The number of rotatable bonds is 20. The Morgan fingerprint density at radius 2 is 1.51 bits per heavy atom. The van der Waals surface area contributed by atoms with Gasteiger partial charge >= 0.3 is 41.8 Å². The molecule has 0 heterocycles. The topological polar surface area (TPSA) is 280 Å². The number of aliphatic hydroxyl groups excluding tert-OH is 1. The van der Waals surface area contributed by atoms with Gasteiger partial charge in [0.1, 0.15) is 32.0 Å². The van der Waals surface area contributed by atoms with E-state index < -0.39 is 97.0 Å². The lowest BCUT2D eigenvalue weighted by Crippen LogP contribution is -2.53. The lowest BCUT2D eigenvalue weighted by molar-refractivity contribution is -0.386. The summed E-state index contributed by atoms with van der Waals surface area (Å²) >= 11 is 3.96. The Balaban J connectivity index is 3.12. The van der Waals surface area contributed by atoms with Crippen LogP contribution >= 0.6 is 12.6 Å². The number of benzene rings is 1. The van der Waals surface area contributed by atoms with Gasteiger partial charge in [-0.25, -0.2) is 9.59 Å². The van der Waals surface area contributed by atoms with Crippen molar-refractivity contribution in [3.63, 3.8) is 0 Å². The number of amides is 2. The number of hydrogen-bond donors (Lipinski definition) is 5. The fourth-order valence-corrected chi connectivity index (χ4v) is 3.93. The minimum absolute atomic E-state index is 0.110. The van der Waals surface area contributed by atoms with Gasteiger partial charge in [0.15, 0.2) is 24.1 Å². The Hall–Kier alpha value is -4.89. The van der Waals surface area contributed by atoms with Crippen molar-refractivity contribution in [3.8, 4) is 5.75 Å². The number of nitro benzene ring substituents is 1. The second kappa shape index (κ2) is 21.9. The molecule has 20 nitrogen and oxygen atoms in total. The van der Waals surface area contributed by atoms with Gasteiger partial charge in [-0.15, -0.1) is 0 Å². The molecule has 0 aromatic heterocycles. The molecule has 0 fully saturated rings. The first-order valence-electron chi connectivity index (χ1n) is 14.5. The third kappa shape index (κ3) is 16.7. The molecule has 1 aromatic rings. The quantitative estimate of drug-likeness (QED) is 0.0386. The number of nitrogens with two attached hydrogens (primary N) is 1. The van der Waals surface area contributed by atoms with Crippen LogP contribution in [-0.4, -0.2) is 115 Å². The van der Waals surface area contributed by atoms with Crippen molar-refractivity contribution in [2.75, 3.05) is 38.6 Å². The van der Waals surface area contributed by atoms with E-state index in [1.165, 1.54) is 6.07 Å². The Kier molecular flexibility index (Phi) is 18.8. The van der Waals surface area contributed by atoms with Crippen molar-refractivity contribution in [1.82, 2.24) is 10.6 Å². The van der Waals surface area contributed by atoms with Gasteiger partial charge in [-0.1, -0.05) is 6.07 Å². The highest BCUT2D eigenvalue weighted by Gasteiger charge is 2.42. The predicted molar refractivity (Wildman–Crippen MR) is 167 cm³/mol. The summed E-state index contributed by atoms with van der Waals surface area (Å²) in [6.45, 7) is 2.09. The first-order chi connectivity index (χ1) is 23.1. The molecule has 0 aliphatic rings. The predicted octanol–water partition coefficient (Wildman–Crippen LogP) is -0.0978. The van der Waals surface area contributed by atoms with Crippen LogP contribution in [0, 0.1) is 10.1 Å². The number of alkyl carbamates (subject to hydrolysis) is 2. The van der Waals surface area contributed by atoms with E-state index in [1.807, 2.05) is 0 Å². The molecule has 0 radical (unpaired) electrons. The van der Waals surface area contributed by atoms with Crippen molar-refractivity contribution in [3.05, 3.63) is 33.9 Å². The number of nitrogens with one attached hydrogen (secondary N) is 2. The highest BCUT2D eigenvalue weighted by atomic mass is 32.1. The molecule has 0 saturated heterocycles. The van der Waals surface area contributed by atoms with Crippen molar-refractivity contribution >= 4 is 54.4 Å². The average Bonchev–Trinajstić information content (AvgIpc) is 3.03. The third-order valence-corrected chi connectivity index (χ3v) is 6.06. The summed E-state index contributed by atoms with van der Waals surface area (Å²) in [4.78, 5) is 82.0. The molecular weight excluding hydrogens is 680 g/mol. The zero-order valence-corrected chi connectivity index (χ0v) is 28.0. The summed E-state index contributed by atoms with van der Waals surface area (Å²) in [5, 5.41) is 27.3. The normalized spacial score (nSPS) is 13.6. The number of carbonyl (C=O) groups is 6. The van der Waals surface area contributed by atoms with Gasteiger partial charge in [0.05, 0.1) is 11.5 Å². The van der Waals surface area contributed by atoms with E-state index in [1.54, 1.807) is 0 Å². The lowest BCUT2D eigenvalue weighted by atomic mass is 10.0. The number of carbonyl (C=O) groups excluding carboxylic acids is 6. The zero-order chi connectivity index (χ0) is 37.1. The molecule has 5 N–H and O–H groups in total. The molecule has 0 spiro atoms. The maximum absolute atomic E-state index is 12.2. The molecule has 5 atom stereocenters. The number of nitro groups is 1. The first-order valence-corrected chi connectivity index (χ1v) is 15.1. The van der Waals surface area contributed by atoms with E-state index in [4.69, 9.17) is 38.9 Å². The van der Waals surface area contributed by atoms with Crippen LogP contribution in [0.3, 0.4) is 0 Å². The van der Waals surface area contributed by atoms with Crippen LogP contribution in [0.5, 0.6) is 5.75 Å². The van der Waals surface area contributed by atoms with E-state index in [0.29, 0.717) is 5.75 Å². The molecule has 0 bridgehead atoms. The number of hydrogen-bond acceptors (Lipinski definition) is 18. The highest BCUT2D eigenvalue weighted by Crippen LogP contribution is 2.29. The Bertz CT molecular complexity index is 1320. The van der Waals surface area contributed by atoms with Crippen LogP contribution in [0.25, 0.3) is 0 Å². The van der Waals surface area contributed by atoms with E-state index in [9.17, 15) is 44.0 Å². The van der Waals surface area contributed by atoms with Gasteiger partial charge in [0, 0.05) is 52.6 Å². The minimum atomic E-state index is -1.78. The largest absolute Gasteiger partial charge is 0.483 e. The fourth-order valence-electron chi connectivity index (χ4n) is 3.82. The Morgan fingerprint density at radius 3 is 2.06 bits per heavy atom. The smallest absolute Gasteiger partial charge is 0.407 e. The van der Waals surface area contributed by atoms with Crippen molar-refractivity contribution < 1.29 is 72.0 Å². The molecule has 0 aliphatic carbocycles. The Labute approximate surface area is 285 Å². The first kappa shape index (κ1) is 42.1. The van der Waals surface area contributed by atoms with Gasteiger partial charge in [0.2, 0.25) is 0 Å². The minimum Gasteiger partial charge on any atom is -0.483 e. The molecule has 49 heavy (non-hydrogen) atoms. The van der Waals surface area contributed by atoms with E-state index >= 15 is 0 Å². The summed E-state index contributed by atoms with van der Waals surface area (Å²) in [7, 11) is 0. The van der Waals surface area contributed by atoms with E-state index in [2.05, 4.69) is 23.3 Å². The van der Waals surface area contributed by atoms with Gasteiger partial charge < -0.3 is 54.6 Å². The summed E-state index contributed by atoms with van der Waals surface area (Å²) < 4.78 is 36.0. The molecular formula is C28H40N4O16S. The maximum atomic E-state index is 12.2. The molecule has 1 aromatic carbocycles. The number of aliphatic hydroxyl groups is 1. The second-order valence-corrected chi connectivity index (χ2v) is 10.4. The van der Waals surface area contributed by atoms with Crippen LogP contribution < -0.4 is 21.1 Å². The Morgan fingerprint density at radius 1 is 0.878 bits per heavy atom. The lowest BCUT2D eigenvalue weighted by Gasteiger charge is -2.33. The molecule has 1 rings (SSSR count).